The molecule has 2 N–H and O–H groups in total. The number of pyridine rings is 1. The molecule has 0 amide bonds. The van der Waals surface area contributed by atoms with Gasteiger partial charge in [-0.25, -0.2) is 0 Å². The summed E-state index contributed by atoms with van der Waals surface area (Å²) in [5.74, 6) is 0.601. The standard InChI is InChI=1S/C25H22N2O3/c1-30-17-13-11-16(12-14-17)24(28)21-20-18-9-5-6-10-19(18)26-25(29)23(20)27-22(21)15-7-3-2-4-8-15/h5-7,9-14,27H,2-4,8H2,1H3,(H,26,29). The normalized spacial score (nSPS) is 14.1. The van der Waals surface area contributed by atoms with Crippen molar-refractivity contribution in [3.05, 3.63) is 81.8 Å². The lowest BCUT2D eigenvalue weighted by atomic mass is 9.91. The summed E-state index contributed by atoms with van der Waals surface area (Å²) in [4.78, 5) is 32.8. The lowest BCUT2D eigenvalue weighted by Gasteiger charge is -2.13. The van der Waals surface area contributed by atoms with E-state index in [9.17, 15) is 9.59 Å². The number of para-hydroxylation sites is 1. The fourth-order valence-electron chi connectivity index (χ4n) is 4.35. The van der Waals surface area contributed by atoms with Gasteiger partial charge in [0, 0.05) is 21.9 Å². The molecule has 4 aromatic rings. The van der Waals surface area contributed by atoms with E-state index in [0.29, 0.717) is 27.8 Å². The minimum Gasteiger partial charge on any atom is -0.497 e. The van der Waals surface area contributed by atoms with Crippen LogP contribution < -0.4 is 10.3 Å². The van der Waals surface area contributed by atoms with Crippen LogP contribution in [0.4, 0.5) is 0 Å². The number of H-pyrrole nitrogens is 2. The Morgan fingerprint density at radius 3 is 2.53 bits per heavy atom. The molecule has 0 saturated heterocycles. The summed E-state index contributed by atoms with van der Waals surface area (Å²) >= 11 is 0. The second-order valence-electron chi connectivity index (χ2n) is 7.66. The third-order valence-electron chi connectivity index (χ3n) is 5.86. The van der Waals surface area contributed by atoms with Gasteiger partial charge >= 0.3 is 0 Å². The Morgan fingerprint density at radius 1 is 1.00 bits per heavy atom. The van der Waals surface area contributed by atoms with E-state index >= 15 is 0 Å². The van der Waals surface area contributed by atoms with Gasteiger partial charge < -0.3 is 14.7 Å². The molecule has 0 atom stereocenters. The fraction of sp³-hybridized carbons (Fsp3) is 0.200. The zero-order valence-corrected chi connectivity index (χ0v) is 16.7. The summed E-state index contributed by atoms with van der Waals surface area (Å²) in [5, 5.41) is 1.56. The minimum atomic E-state index is -0.213. The Hall–Kier alpha value is -3.60. The summed E-state index contributed by atoms with van der Waals surface area (Å²) in [6, 6.07) is 14.7. The van der Waals surface area contributed by atoms with Gasteiger partial charge in [0.2, 0.25) is 0 Å². The molecule has 0 spiro atoms. The number of aromatic nitrogens is 2. The molecule has 0 saturated carbocycles. The van der Waals surface area contributed by atoms with Crippen LogP contribution in [-0.2, 0) is 0 Å². The number of hydrogen-bond donors (Lipinski definition) is 2. The Labute approximate surface area is 173 Å². The van der Waals surface area contributed by atoms with Crippen LogP contribution >= 0.6 is 0 Å². The predicted octanol–water partition coefficient (Wildman–Crippen LogP) is 5.21. The molecule has 1 aliphatic carbocycles. The summed E-state index contributed by atoms with van der Waals surface area (Å²) in [7, 11) is 1.60. The molecule has 0 aliphatic heterocycles. The molecule has 0 radical (unpaired) electrons. The highest BCUT2D eigenvalue weighted by atomic mass is 16.5. The maximum absolute atomic E-state index is 13.7. The number of nitrogens with one attached hydrogen (secondary N) is 2. The topological polar surface area (TPSA) is 75.0 Å². The summed E-state index contributed by atoms with van der Waals surface area (Å²) in [6.45, 7) is 0. The lowest BCUT2D eigenvalue weighted by molar-refractivity contribution is 0.104. The molecule has 0 unspecified atom stereocenters. The van der Waals surface area contributed by atoms with E-state index in [-0.39, 0.29) is 11.3 Å². The van der Waals surface area contributed by atoms with E-state index in [1.807, 2.05) is 24.3 Å². The highest BCUT2D eigenvalue weighted by Gasteiger charge is 2.25. The van der Waals surface area contributed by atoms with Crippen molar-refractivity contribution in [2.24, 2.45) is 0 Å². The third-order valence-corrected chi connectivity index (χ3v) is 5.86. The molecular weight excluding hydrogens is 376 g/mol. The van der Waals surface area contributed by atoms with Crippen LogP contribution in [0.2, 0.25) is 0 Å². The van der Waals surface area contributed by atoms with Gasteiger partial charge in [0.25, 0.3) is 5.56 Å². The minimum absolute atomic E-state index is 0.0962. The predicted molar refractivity (Wildman–Crippen MR) is 119 cm³/mol. The molecule has 5 nitrogen and oxygen atoms in total. The molecule has 1 aliphatic rings. The van der Waals surface area contributed by atoms with Crippen LogP contribution in [0.25, 0.3) is 27.4 Å². The second kappa shape index (κ2) is 7.34. The van der Waals surface area contributed by atoms with Gasteiger partial charge in [-0.05, 0) is 61.6 Å². The van der Waals surface area contributed by atoms with E-state index in [1.54, 1.807) is 31.4 Å². The quantitative estimate of drug-likeness (QED) is 0.464. The first-order valence-electron chi connectivity index (χ1n) is 10.2. The number of methoxy groups -OCH3 is 1. The van der Waals surface area contributed by atoms with Crippen LogP contribution in [0.15, 0.2) is 59.4 Å². The Balaban J connectivity index is 1.83. The van der Waals surface area contributed by atoms with Gasteiger partial charge in [-0.3, -0.25) is 9.59 Å². The number of rotatable bonds is 4. The third kappa shape index (κ3) is 2.94. The van der Waals surface area contributed by atoms with Crippen molar-refractivity contribution in [1.82, 2.24) is 9.97 Å². The highest BCUT2D eigenvalue weighted by molar-refractivity contribution is 6.24. The van der Waals surface area contributed by atoms with E-state index in [1.165, 1.54) is 0 Å². The van der Waals surface area contributed by atoms with E-state index in [4.69, 9.17) is 4.74 Å². The van der Waals surface area contributed by atoms with Crippen molar-refractivity contribution in [2.45, 2.75) is 25.7 Å². The maximum atomic E-state index is 13.7. The van der Waals surface area contributed by atoms with Gasteiger partial charge in [0.15, 0.2) is 5.78 Å². The smallest absolute Gasteiger partial charge is 0.272 e. The van der Waals surface area contributed by atoms with Crippen molar-refractivity contribution in [3.8, 4) is 5.75 Å². The highest BCUT2D eigenvalue weighted by Crippen LogP contribution is 2.36. The zero-order chi connectivity index (χ0) is 20.7. The molecule has 30 heavy (non-hydrogen) atoms. The van der Waals surface area contributed by atoms with Crippen molar-refractivity contribution in [2.75, 3.05) is 7.11 Å². The Bertz CT molecular complexity index is 1360. The van der Waals surface area contributed by atoms with Crippen LogP contribution in [0.5, 0.6) is 5.75 Å². The molecule has 2 aromatic heterocycles. The second-order valence-corrected chi connectivity index (χ2v) is 7.66. The summed E-state index contributed by atoms with van der Waals surface area (Å²) in [6.07, 6.45) is 6.29. The van der Waals surface area contributed by atoms with Gasteiger partial charge in [0.1, 0.15) is 11.3 Å². The average molecular weight is 398 g/mol. The van der Waals surface area contributed by atoms with Crippen molar-refractivity contribution in [3.63, 3.8) is 0 Å². The Kier molecular flexibility index (Phi) is 4.51. The largest absolute Gasteiger partial charge is 0.497 e. The van der Waals surface area contributed by atoms with Crippen LogP contribution in [0, 0.1) is 0 Å². The van der Waals surface area contributed by atoms with E-state index in [0.717, 1.165) is 47.9 Å². The van der Waals surface area contributed by atoms with Crippen molar-refractivity contribution < 1.29 is 9.53 Å². The van der Waals surface area contributed by atoms with Gasteiger partial charge in [-0.1, -0.05) is 24.3 Å². The van der Waals surface area contributed by atoms with E-state index in [2.05, 4.69) is 16.0 Å². The first kappa shape index (κ1) is 18.4. The number of carbonyl (C=O) groups is 1. The summed E-state index contributed by atoms with van der Waals surface area (Å²) < 4.78 is 5.23. The van der Waals surface area contributed by atoms with Crippen molar-refractivity contribution in [1.29, 1.82) is 0 Å². The number of ketones is 1. The number of ether oxygens (including phenoxy) is 1. The van der Waals surface area contributed by atoms with Gasteiger partial charge in [-0.15, -0.1) is 0 Å². The van der Waals surface area contributed by atoms with Crippen LogP contribution in [0.1, 0.15) is 47.3 Å². The fourth-order valence-corrected chi connectivity index (χ4v) is 4.35. The number of aromatic amines is 2. The van der Waals surface area contributed by atoms with Crippen molar-refractivity contribution >= 4 is 33.2 Å². The SMILES string of the molecule is COc1ccc(C(=O)c2c(C3=CCCCC3)[nH]c3c(=O)[nH]c4ccccc4c23)cc1. The summed E-state index contributed by atoms with van der Waals surface area (Å²) in [5.41, 5.74) is 3.98. The number of allylic oxidation sites excluding steroid dienone is 2. The first-order valence-corrected chi connectivity index (χ1v) is 10.2. The monoisotopic (exact) mass is 398 g/mol. The molecule has 0 bridgehead atoms. The number of hydrogen-bond acceptors (Lipinski definition) is 3. The molecule has 2 aromatic carbocycles. The first-order chi connectivity index (χ1) is 14.7. The molecule has 0 fully saturated rings. The lowest BCUT2D eigenvalue weighted by Crippen LogP contribution is -2.07. The van der Waals surface area contributed by atoms with Crippen LogP contribution in [0.3, 0.4) is 0 Å². The maximum Gasteiger partial charge on any atom is 0.272 e. The average Bonchev–Trinajstić information content (AvgIpc) is 3.21. The number of benzene rings is 2. The van der Waals surface area contributed by atoms with Crippen LogP contribution in [-0.4, -0.2) is 22.9 Å². The molecule has 5 heteroatoms. The molecule has 5 rings (SSSR count). The van der Waals surface area contributed by atoms with Gasteiger partial charge in [-0.2, -0.15) is 0 Å². The number of fused-ring (bicyclic) bond motifs is 3. The molecule has 150 valence electrons. The zero-order valence-electron chi connectivity index (χ0n) is 16.7. The Morgan fingerprint density at radius 2 is 1.80 bits per heavy atom. The molecular formula is C25H22N2O3. The molecule has 2 heterocycles. The van der Waals surface area contributed by atoms with Gasteiger partial charge in [0.05, 0.1) is 18.4 Å². The number of carbonyl (C=O) groups excluding carboxylic acids is 1. The van der Waals surface area contributed by atoms with E-state index < -0.39 is 0 Å².